The summed E-state index contributed by atoms with van der Waals surface area (Å²) < 4.78 is 5.49. The summed E-state index contributed by atoms with van der Waals surface area (Å²) in [5, 5.41) is 12.8. The van der Waals surface area contributed by atoms with E-state index < -0.39 is 0 Å². The van der Waals surface area contributed by atoms with Gasteiger partial charge in [-0.3, -0.25) is 4.79 Å². The predicted molar refractivity (Wildman–Crippen MR) is 79.3 cm³/mol. The molecule has 2 aliphatic heterocycles. The van der Waals surface area contributed by atoms with Gasteiger partial charge in [-0.05, 0) is 49.9 Å². The van der Waals surface area contributed by atoms with E-state index in [2.05, 4.69) is 5.32 Å². The minimum absolute atomic E-state index is 0.00868. The first-order valence-electron chi connectivity index (χ1n) is 7.55. The molecule has 2 N–H and O–H groups in total. The van der Waals surface area contributed by atoms with Crippen molar-refractivity contribution >= 4 is 5.91 Å². The number of phenols is 1. The highest BCUT2D eigenvalue weighted by Gasteiger charge is 2.36. The lowest BCUT2D eigenvalue weighted by Crippen LogP contribution is -2.49. The van der Waals surface area contributed by atoms with Gasteiger partial charge in [-0.15, -0.1) is 0 Å². The number of aromatic hydroxyl groups is 1. The van der Waals surface area contributed by atoms with E-state index in [9.17, 15) is 9.90 Å². The number of hydrogen-bond acceptors (Lipinski definition) is 4. The smallest absolute Gasteiger partial charge is 0.260 e. The molecule has 0 spiro atoms. The summed E-state index contributed by atoms with van der Waals surface area (Å²) >= 11 is 0. The van der Waals surface area contributed by atoms with Gasteiger partial charge >= 0.3 is 0 Å². The van der Waals surface area contributed by atoms with Crippen LogP contribution in [0.3, 0.4) is 0 Å². The van der Waals surface area contributed by atoms with Crippen molar-refractivity contribution < 1.29 is 14.6 Å². The van der Waals surface area contributed by atoms with Gasteiger partial charge in [-0.1, -0.05) is 0 Å². The molecule has 0 radical (unpaired) electrons. The number of likely N-dealkylation sites (N-methyl/N-ethyl adjacent to an activating group) is 1. The van der Waals surface area contributed by atoms with Crippen LogP contribution in [0.4, 0.5) is 0 Å². The first kappa shape index (κ1) is 14.2. The van der Waals surface area contributed by atoms with Crippen LogP contribution in [0, 0.1) is 0 Å². The molecule has 2 fully saturated rings. The van der Waals surface area contributed by atoms with E-state index >= 15 is 0 Å². The largest absolute Gasteiger partial charge is 0.508 e. The van der Waals surface area contributed by atoms with E-state index in [0.29, 0.717) is 23.9 Å². The molecule has 21 heavy (non-hydrogen) atoms. The number of piperidine rings is 1. The topological polar surface area (TPSA) is 61.8 Å². The molecular formula is C16H22N2O3. The molecule has 0 aromatic heterocycles. The average Bonchev–Trinajstić information content (AvgIpc) is 2.84. The molecule has 2 saturated heterocycles. The van der Waals surface area contributed by atoms with Gasteiger partial charge in [0.2, 0.25) is 0 Å². The molecule has 2 heterocycles. The summed E-state index contributed by atoms with van der Waals surface area (Å²) in [7, 11) is 1.87. The van der Waals surface area contributed by atoms with Crippen LogP contribution >= 0.6 is 0 Å². The quantitative estimate of drug-likeness (QED) is 0.882. The Labute approximate surface area is 124 Å². The molecule has 2 atom stereocenters. The highest BCUT2D eigenvalue weighted by Crippen LogP contribution is 2.29. The number of carbonyl (C=O) groups excluding carboxylic acids is 1. The van der Waals surface area contributed by atoms with Gasteiger partial charge in [-0.2, -0.15) is 0 Å². The van der Waals surface area contributed by atoms with Crippen molar-refractivity contribution in [2.45, 2.75) is 43.8 Å². The van der Waals surface area contributed by atoms with Crippen LogP contribution in [0.25, 0.3) is 0 Å². The number of carbonyl (C=O) groups is 1. The standard InChI is InChI=1S/C16H22N2O3/c1-18(13-8-11-2-3-12(9-13)17-11)16(20)10-21-15-6-4-14(19)5-7-15/h4-7,11-13,17,19H,2-3,8-10H2,1H3. The number of nitrogens with one attached hydrogen (secondary N) is 1. The fourth-order valence-electron chi connectivity index (χ4n) is 3.34. The van der Waals surface area contributed by atoms with Crippen molar-refractivity contribution in [1.29, 1.82) is 0 Å². The van der Waals surface area contributed by atoms with E-state index in [-0.39, 0.29) is 18.3 Å². The minimum atomic E-state index is 0.00868. The Bertz CT molecular complexity index is 491. The fraction of sp³-hybridized carbons (Fsp3) is 0.562. The number of fused-ring (bicyclic) bond motifs is 2. The van der Waals surface area contributed by atoms with E-state index in [1.54, 1.807) is 24.3 Å². The molecule has 2 unspecified atom stereocenters. The van der Waals surface area contributed by atoms with Gasteiger partial charge in [0.05, 0.1) is 0 Å². The van der Waals surface area contributed by atoms with Gasteiger partial charge in [0.1, 0.15) is 11.5 Å². The molecule has 2 bridgehead atoms. The number of amides is 1. The third-order valence-corrected chi connectivity index (χ3v) is 4.59. The van der Waals surface area contributed by atoms with Gasteiger partial charge in [0, 0.05) is 25.2 Å². The van der Waals surface area contributed by atoms with Crippen LogP contribution in [0.1, 0.15) is 25.7 Å². The molecule has 2 aliphatic rings. The lowest BCUT2D eigenvalue weighted by molar-refractivity contribution is -0.134. The van der Waals surface area contributed by atoms with Crippen LogP contribution < -0.4 is 10.1 Å². The van der Waals surface area contributed by atoms with E-state index in [1.807, 2.05) is 11.9 Å². The van der Waals surface area contributed by atoms with Crippen LogP contribution in [-0.4, -0.2) is 47.7 Å². The fourth-order valence-corrected chi connectivity index (χ4v) is 3.34. The Morgan fingerprint density at radius 1 is 1.29 bits per heavy atom. The minimum Gasteiger partial charge on any atom is -0.508 e. The highest BCUT2D eigenvalue weighted by molar-refractivity contribution is 5.77. The number of phenolic OH excluding ortho intramolecular Hbond substituents is 1. The van der Waals surface area contributed by atoms with E-state index in [4.69, 9.17) is 4.74 Å². The van der Waals surface area contributed by atoms with Crippen LogP contribution in [-0.2, 0) is 4.79 Å². The van der Waals surface area contributed by atoms with Gasteiger partial charge in [0.15, 0.2) is 6.61 Å². The Balaban J connectivity index is 1.51. The maximum absolute atomic E-state index is 12.2. The Morgan fingerprint density at radius 2 is 1.90 bits per heavy atom. The average molecular weight is 290 g/mol. The van der Waals surface area contributed by atoms with E-state index in [0.717, 1.165) is 12.8 Å². The van der Waals surface area contributed by atoms with Crippen LogP contribution in [0.15, 0.2) is 24.3 Å². The van der Waals surface area contributed by atoms with Crippen molar-refractivity contribution in [3.05, 3.63) is 24.3 Å². The Hall–Kier alpha value is -1.75. The summed E-state index contributed by atoms with van der Waals surface area (Å²) in [4.78, 5) is 14.1. The molecule has 3 rings (SSSR count). The molecule has 0 aliphatic carbocycles. The van der Waals surface area contributed by atoms with Crippen molar-refractivity contribution in [2.24, 2.45) is 0 Å². The summed E-state index contributed by atoms with van der Waals surface area (Å²) in [5.74, 6) is 0.797. The van der Waals surface area contributed by atoms with Crippen LogP contribution in [0.5, 0.6) is 11.5 Å². The number of benzene rings is 1. The number of nitrogens with zero attached hydrogens (tertiary/aromatic N) is 1. The predicted octanol–water partition coefficient (Wildman–Crippen LogP) is 1.51. The molecular weight excluding hydrogens is 268 g/mol. The maximum atomic E-state index is 12.2. The zero-order chi connectivity index (χ0) is 14.8. The zero-order valence-electron chi connectivity index (χ0n) is 12.3. The highest BCUT2D eigenvalue weighted by atomic mass is 16.5. The van der Waals surface area contributed by atoms with Crippen molar-refractivity contribution in [1.82, 2.24) is 10.2 Å². The second kappa shape index (κ2) is 5.93. The molecule has 1 aromatic carbocycles. The maximum Gasteiger partial charge on any atom is 0.260 e. The summed E-state index contributed by atoms with van der Waals surface area (Å²) in [5.41, 5.74) is 0. The second-order valence-corrected chi connectivity index (χ2v) is 6.05. The van der Waals surface area contributed by atoms with Crippen LogP contribution in [0.2, 0.25) is 0 Å². The van der Waals surface area contributed by atoms with Gasteiger partial charge in [0.25, 0.3) is 5.91 Å². The lowest BCUT2D eigenvalue weighted by Gasteiger charge is -2.35. The Kier molecular flexibility index (Phi) is 4.01. The first-order valence-corrected chi connectivity index (χ1v) is 7.55. The third kappa shape index (κ3) is 3.29. The normalized spacial score (nSPS) is 27.4. The number of hydrogen-bond donors (Lipinski definition) is 2. The summed E-state index contributed by atoms with van der Waals surface area (Å²) in [6, 6.07) is 7.88. The van der Waals surface area contributed by atoms with Gasteiger partial charge in [-0.25, -0.2) is 0 Å². The van der Waals surface area contributed by atoms with Crippen molar-refractivity contribution in [3.8, 4) is 11.5 Å². The van der Waals surface area contributed by atoms with Crippen molar-refractivity contribution in [3.63, 3.8) is 0 Å². The molecule has 1 aromatic rings. The number of ether oxygens (including phenoxy) is 1. The SMILES string of the molecule is CN(C(=O)COc1ccc(O)cc1)C1CC2CCC(C1)N2. The third-order valence-electron chi connectivity index (χ3n) is 4.59. The summed E-state index contributed by atoms with van der Waals surface area (Å²) in [6.45, 7) is 0.0422. The van der Waals surface area contributed by atoms with E-state index in [1.165, 1.54) is 12.8 Å². The monoisotopic (exact) mass is 290 g/mol. The first-order chi connectivity index (χ1) is 10.1. The van der Waals surface area contributed by atoms with Crippen molar-refractivity contribution in [2.75, 3.05) is 13.7 Å². The summed E-state index contributed by atoms with van der Waals surface area (Å²) in [6.07, 6.45) is 4.54. The second-order valence-electron chi connectivity index (χ2n) is 6.05. The lowest BCUT2D eigenvalue weighted by atomic mass is 9.98. The zero-order valence-corrected chi connectivity index (χ0v) is 12.3. The number of rotatable bonds is 4. The molecule has 5 nitrogen and oxygen atoms in total. The molecule has 1 amide bonds. The molecule has 5 heteroatoms. The molecule has 114 valence electrons. The Morgan fingerprint density at radius 3 is 2.52 bits per heavy atom. The molecule has 0 saturated carbocycles. The van der Waals surface area contributed by atoms with Gasteiger partial charge < -0.3 is 20.1 Å².